The Labute approximate surface area is 56.7 Å². The van der Waals surface area contributed by atoms with E-state index in [1.165, 1.54) is 25.7 Å². The first-order chi connectivity index (χ1) is 4.27. The number of hydrogen-bond donors (Lipinski definition) is 0. The molecule has 0 aromatic carbocycles. The lowest BCUT2D eigenvalue weighted by Crippen LogP contribution is -2.08. The molecule has 0 aromatic rings. The third-order valence-corrected chi connectivity index (χ3v) is 2.32. The highest BCUT2D eigenvalue weighted by Crippen LogP contribution is 2.39. The highest BCUT2D eigenvalue weighted by atomic mass is 14.3. The molecule has 0 spiro atoms. The van der Waals surface area contributed by atoms with Gasteiger partial charge >= 0.3 is 0 Å². The molecule has 50 valence electrons. The van der Waals surface area contributed by atoms with Crippen molar-refractivity contribution in [3.63, 3.8) is 0 Å². The predicted octanol–water partition coefficient (Wildman–Crippen LogP) is 2.48. The van der Waals surface area contributed by atoms with E-state index < -0.39 is 0 Å². The molecule has 1 saturated carbocycles. The van der Waals surface area contributed by atoms with Crippen molar-refractivity contribution in [1.29, 1.82) is 5.26 Å². The Morgan fingerprint density at radius 2 is 2.00 bits per heavy atom. The molecule has 1 fully saturated rings. The van der Waals surface area contributed by atoms with E-state index in [1.807, 2.05) is 0 Å². The van der Waals surface area contributed by atoms with Crippen LogP contribution in [0, 0.1) is 16.7 Å². The summed E-state index contributed by atoms with van der Waals surface area (Å²) in [5.41, 5.74) is 0.384. The summed E-state index contributed by atoms with van der Waals surface area (Å²) in [4.78, 5) is 0. The Balaban J connectivity index is 2.43. The Morgan fingerprint density at radius 1 is 1.44 bits per heavy atom. The minimum absolute atomic E-state index is 0.384. The number of nitriles is 1. The summed E-state index contributed by atoms with van der Waals surface area (Å²) in [6.07, 6.45) is 5.95. The van der Waals surface area contributed by atoms with Crippen LogP contribution in [0.3, 0.4) is 0 Å². The van der Waals surface area contributed by atoms with E-state index in [-0.39, 0.29) is 0 Å². The van der Waals surface area contributed by atoms with Gasteiger partial charge in [0.25, 0.3) is 0 Å². The molecule has 0 N–H and O–H groups in total. The summed E-state index contributed by atoms with van der Waals surface area (Å²) in [6.45, 7) is 2.23. The van der Waals surface area contributed by atoms with Gasteiger partial charge in [0.1, 0.15) is 0 Å². The fourth-order valence-electron chi connectivity index (χ4n) is 1.60. The highest BCUT2D eigenvalue weighted by Gasteiger charge is 2.27. The van der Waals surface area contributed by atoms with Crippen molar-refractivity contribution in [1.82, 2.24) is 0 Å². The molecule has 1 rings (SSSR count). The second-order valence-corrected chi connectivity index (χ2v) is 3.35. The Bertz CT molecular complexity index is 126. The molecular formula is C8H13N. The van der Waals surface area contributed by atoms with E-state index in [4.69, 9.17) is 5.26 Å². The van der Waals surface area contributed by atoms with Crippen LogP contribution in [0.15, 0.2) is 0 Å². The number of rotatable bonds is 1. The number of hydrogen-bond acceptors (Lipinski definition) is 1. The fourth-order valence-corrected chi connectivity index (χ4v) is 1.60. The van der Waals surface area contributed by atoms with Gasteiger partial charge in [0.05, 0.1) is 6.07 Å². The maximum absolute atomic E-state index is 8.44. The third-order valence-electron chi connectivity index (χ3n) is 2.32. The first-order valence-electron chi connectivity index (χ1n) is 3.64. The minimum atomic E-state index is 0.384. The summed E-state index contributed by atoms with van der Waals surface area (Å²) >= 11 is 0. The van der Waals surface area contributed by atoms with Gasteiger partial charge in [-0.2, -0.15) is 5.26 Å². The lowest BCUT2D eigenvalue weighted by atomic mass is 9.86. The van der Waals surface area contributed by atoms with Crippen molar-refractivity contribution in [3.05, 3.63) is 0 Å². The molecule has 0 atom stereocenters. The standard InChI is InChI=1S/C8H13N/c1-8(6-7-9)4-2-3-5-8/h2-6H2,1H3. The molecule has 0 saturated heterocycles. The molecule has 0 bridgehead atoms. The molecule has 1 aliphatic rings. The van der Waals surface area contributed by atoms with Crippen molar-refractivity contribution < 1.29 is 0 Å². The van der Waals surface area contributed by atoms with Crippen LogP contribution >= 0.6 is 0 Å². The Hall–Kier alpha value is -0.510. The quantitative estimate of drug-likeness (QED) is 0.525. The van der Waals surface area contributed by atoms with E-state index >= 15 is 0 Å². The van der Waals surface area contributed by atoms with E-state index in [9.17, 15) is 0 Å². The second-order valence-electron chi connectivity index (χ2n) is 3.35. The molecule has 9 heavy (non-hydrogen) atoms. The van der Waals surface area contributed by atoms with Gasteiger partial charge in [-0.1, -0.05) is 19.8 Å². The summed E-state index contributed by atoms with van der Waals surface area (Å²) in [5, 5.41) is 8.44. The van der Waals surface area contributed by atoms with Gasteiger partial charge in [-0.3, -0.25) is 0 Å². The summed E-state index contributed by atoms with van der Waals surface area (Å²) in [5.74, 6) is 0. The first kappa shape index (κ1) is 6.61. The van der Waals surface area contributed by atoms with E-state index in [0.717, 1.165) is 6.42 Å². The third kappa shape index (κ3) is 1.45. The molecule has 0 amide bonds. The monoisotopic (exact) mass is 123 g/mol. The largest absolute Gasteiger partial charge is 0.198 e. The summed E-state index contributed by atoms with van der Waals surface area (Å²) < 4.78 is 0. The Kier molecular flexibility index (Phi) is 1.75. The van der Waals surface area contributed by atoms with Crippen LogP contribution in [0.25, 0.3) is 0 Å². The maximum Gasteiger partial charge on any atom is 0.0627 e. The van der Waals surface area contributed by atoms with Crippen LogP contribution in [-0.4, -0.2) is 0 Å². The van der Waals surface area contributed by atoms with Crippen molar-refractivity contribution >= 4 is 0 Å². The van der Waals surface area contributed by atoms with E-state index in [1.54, 1.807) is 0 Å². The molecule has 0 radical (unpaired) electrons. The molecule has 0 heterocycles. The van der Waals surface area contributed by atoms with Gasteiger partial charge in [-0.15, -0.1) is 0 Å². The first-order valence-corrected chi connectivity index (χ1v) is 3.64. The smallest absolute Gasteiger partial charge is 0.0627 e. The van der Waals surface area contributed by atoms with Gasteiger partial charge in [-0.25, -0.2) is 0 Å². The van der Waals surface area contributed by atoms with Crippen LogP contribution in [-0.2, 0) is 0 Å². The average Bonchev–Trinajstić information content (AvgIpc) is 2.16. The van der Waals surface area contributed by atoms with Crippen molar-refractivity contribution in [2.75, 3.05) is 0 Å². The number of nitrogens with zero attached hydrogens (tertiary/aromatic N) is 1. The molecule has 0 aromatic heterocycles. The SMILES string of the molecule is CC1(CC#N)CCCC1. The lowest BCUT2D eigenvalue weighted by molar-refractivity contribution is 0.346. The highest BCUT2D eigenvalue weighted by molar-refractivity contribution is 4.88. The van der Waals surface area contributed by atoms with Gasteiger partial charge in [0.2, 0.25) is 0 Å². The topological polar surface area (TPSA) is 23.8 Å². The zero-order valence-electron chi connectivity index (χ0n) is 5.98. The van der Waals surface area contributed by atoms with Gasteiger partial charge in [0, 0.05) is 6.42 Å². The van der Waals surface area contributed by atoms with E-state index in [0.29, 0.717) is 5.41 Å². The molecule has 1 aliphatic carbocycles. The molecule has 0 aliphatic heterocycles. The van der Waals surface area contributed by atoms with Crippen LogP contribution in [0.1, 0.15) is 39.0 Å². The van der Waals surface area contributed by atoms with Crippen LogP contribution < -0.4 is 0 Å². The van der Waals surface area contributed by atoms with Gasteiger partial charge in [0.15, 0.2) is 0 Å². The van der Waals surface area contributed by atoms with Crippen LogP contribution in [0.2, 0.25) is 0 Å². The second kappa shape index (κ2) is 2.39. The predicted molar refractivity (Wildman–Crippen MR) is 36.8 cm³/mol. The fraction of sp³-hybridized carbons (Fsp3) is 0.875. The zero-order chi connectivity index (χ0) is 6.74. The van der Waals surface area contributed by atoms with Crippen molar-refractivity contribution in [2.45, 2.75) is 39.0 Å². The van der Waals surface area contributed by atoms with Crippen molar-refractivity contribution in [2.24, 2.45) is 5.41 Å². The molecule has 1 heteroatoms. The summed E-state index contributed by atoms with van der Waals surface area (Å²) in [6, 6.07) is 2.25. The average molecular weight is 123 g/mol. The molecular weight excluding hydrogens is 110 g/mol. The Morgan fingerprint density at radius 3 is 2.44 bits per heavy atom. The maximum atomic E-state index is 8.44. The molecule has 0 unspecified atom stereocenters. The van der Waals surface area contributed by atoms with Gasteiger partial charge < -0.3 is 0 Å². The minimum Gasteiger partial charge on any atom is -0.198 e. The normalized spacial score (nSPS) is 23.6. The van der Waals surface area contributed by atoms with Gasteiger partial charge in [-0.05, 0) is 18.3 Å². The van der Waals surface area contributed by atoms with E-state index in [2.05, 4.69) is 13.0 Å². The van der Waals surface area contributed by atoms with Crippen LogP contribution in [0.4, 0.5) is 0 Å². The lowest BCUT2D eigenvalue weighted by Gasteiger charge is -2.17. The van der Waals surface area contributed by atoms with Crippen molar-refractivity contribution in [3.8, 4) is 6.07 Å². The summed E-state index contributed by atoms with van der Waals surface area (Å²) in [7, 11) is 0. The zero-order valence-corrected chi connectivity index (χ0v) is 5.98. The molecule has 1 nitrogen and oxygen atoms in total. The van der Waals surface area contributed by atoms with Crippen LogP contribution in [0.5, 0.6) is 0 Å².